The molecule has 2 aliphatic rings. The van der Waals surface area contributed by atoms with Gasteiger partial charge in [-0.1, -0.05) is 30.0 Å². The molecular formula is C22H24N4O3S. The minimum Gasteiger partial charge on any atom is -0.369 e. The number of urea groups is 1. The van der Waals surface area contributed by atoms with Gasteiger partial charge in [0.2, 0.25) is 0 Å². The number of rotatable bonds is 5. The summed E-state index contributed by atoms with van der Waals surface area (Å²) in [6, 6.07) is 9.69. The van der Waals surface area contributed by atoms with Crippen LogP contribution in [0.25, 0.3) is 0 Å². The number of nitriles is 1. The molecule has 2 heterocycles. The van der Waals surface area contributed by atoms with Crippen LogP contribution in [0.5, 0.6) is 0 Å². The molecule has 0 saturated carbocycles. The summed E-state index contributed by atoms with van der Waals surface area (Å²) in [5, 5.41) is 21.0. The lowest BCUT2D eigenvalue weighted by Crippen LogP contribution is -2.58. The highest BCUT2D eigenvalue weighted by molar-refractivity contribution is 8.03. The molecule has 3 rings (SSSR count). The molecule has 3 amide bonds. The maximum absolute atomic E-state index is 12.6. The fraction of sp³-hybridized carbons (Fsp3) is 0.318. The van der Waals surface area contributed by atoms with E-state index in [1.807, 2.05) is 31.2 Å². The van der Waals surface area contributed by atoms with Gasteiger partial charge in [-0.15, -0.1) is 0 Å². The fourth-order valence-corrected chi connectivity index (χ4v) is 4.68. The average Bonchev–Trinajstić information content (AvgIpc) is 3.12. The molecule has 30 heavy (non-hydrogen) atoms. The van der Waals surface area contributed by atoms with Crippen LogP contribution >= 0.6 is 11.8 Å². The lowest BCUT2D eigenvalue weighted by Gasteiger charge is -2.38. The first-order valence-electron chi connectivity index (χ1n) is 9.85. The molecule has 0 aliphatic carbocycles. The van der Waals surface area contributed by atoms with Crippen molar-refractivity contribution in [3.8, 4) is 6.07 Å². The standard InChI is InChI=1S/C22H24N4O3S/c1-4-24-17-12-7-8-13-18(17)30-21(24)15(14-23)10-9-11-16-19(27)25(5-2)22(29)26(6-3)20(16)28/h7-13,19,27H,4-6H2,1-3H3/b10-9+,16-11-,21-15+. The van der Waals surface area contributed by atoms with Crippen LogP contribution < -0.4 is 4.90 Å². The Bertz CT molecular complexity index is 992. The smallest absolute Gasteiger partial charge is 0.329 e. The molecule has 1 aromatic carbocycles. The van der Waals surface area contributed by atoms with Crippen molar-refractivity contribution in [2.45, 2.75) is 31.9 Å². The summed E-state index contributed by atoms with van der Waals surface area (Å²) in [7, 11) is 0. The molecule has 1 N–H and O–H groups in total. The second kappa shape index (κ2) is 9.20. The van der Waals surface area contributed by atoms with E-state index in [0.717, 1.165) is 27.1 Å². The number of carbonyl (C=O) groups excluding carboxylic acids is 2. The third-order valence-corrected chi connectivity index (χ3v) is 6.21. The average molecular weight is 425 g/mol. The maximum atomic E-state index is 12.6. The highest BCUT2D eigenvalue weighted by Crippen LogP contribution is 2.46. The molecule has 1 saturated heterocycles. The van der Waals surface area contributed by atoms with Crippen LogP contribution in [-0.2, 0) is 4.79 Å². The highest BCUT2D eigenvalue weighted by Gasteiger charge is 2.39. The van der Waals surface area contributed by atoms with Gasteiger partial charge >= 0.3 is 6.03 Å². The van der Waals surface area contributed by atoms with Crippen LogP contribution in [0.1, 0.15) is 20.8 Å². The van der Waals surface area contributed by atoms with E-state index in [1.54, 1.807) is 26.0 Å². The lowest BCUT2D eigenvalue weighted by molar-refractivity contribution is -0.130. The number of aliphatic hydroxyl groups excluding tert-OH is 1. The number of benzene rings is 1. The molecule has 8 heteroatoms. The Hall–Kier alpha value is -3.02. The number of likely N-dealkylation sites (N-methyl/N-ethyl adjacent to an activating group) is 2. The summed E-state index contributed by atoms with van der Waals surface area (Å²) in [5.41, 5.74) is 1.63. The van der Waals surface area contributed by atoms with Gasteiger partial charge in [-0.3, -0.25) is 14.6 Å². The Morgan fingerprint density at radius 3 is 2.50 bits per heavy atom. The van der Waals surface area contributed by atoms with Crippen LogP contribution in [-0.4, -0.2) is 52.7 Å². The fourth-order valence-electron chi connectivity index (χ4n) is 3.48. The Labute approximate surface area is 180 Å². The summed E-state index contributed by atoms with van der Waals surface area (Å²) < 4.78 is 0. The number of hydrogen-bond donors (Lipinski definition) is 1. The van der Waals surface area contributed by atoms with Gasteiger partial charge in [0, 0.05) is 24.5 Å². The largest absolute Gasteiger partial charge is 0.369 e. The zero-order valence-corrected chi connectivity index (χ0v) is 18.0. The number of aliphatic hydroxyl groups is 1. The molecular weight excluding hydrogens is 400 g/mol. The molecule has 0 spiro atoms. The molecule has 156 valence electrons. The number of imide groups is 1. The van der Waals surface area contributed by atoms with E-state index in [2.05, 4.69) is 11.0 Å². The molecule has 1 fully saturated rings. The lowest BCUT2D eigenvalue weighted by atomic mass is 10.1. The van der Waals surface area contributed by atoms with E-state index in [1.165, 1.54) is 22.7 Å². The van der Waals surface area contributed by atoms with Crippen molar-refractivity contribution in [3.63, 3.8) is 0 Å². The van der Waals surface area contributed by atoms with Crippen molar-refractivity contribution in [3.05, 3.63) is 58.7 Å². The first-order chi connectivity index (χ1) is 14.5. The van der Waals surface area contributed by atoms with Crippen LogP contribution in [0.4, 0.5) is 10.5 Å². The zero-order chi connectivity index (χ0) is 21.8. The first-order valence-corrected chi connectivity index (χ1v) is 10.7. The number of para-hydroxylation sites is 1. The molecule has 1 aromatic rings. The van der Waals surface area contributed by atoms with Crippen LogP contribution in [0, 0.1) is 11.3 Å². The van der Waals surface area contributed by atoms with Gasteiger partial charge in [0.05, 0.1) is 21.9 Å². The first kappa shape index (κ1) is 21.7. The Morgan fingerprint density at radius 2 is 1.87 bits per heavy atom. The molecule has 7 nitrogen and oxygen atoms in total. The third kappa shape index (κ3) is 3.74. The predicted octanol–water partition coefficient (Wildman–Crippen LogP) is 3.46. The summed E-state index contributed by atoms with van der Waals surface area (Å²) in [6.45, 7) is 6.69. The number of anilines is 1. The van der Waals surface area contributed by atoms with E-state index in [0.29, 0.717) is 5.57 Å². The molecule has 0 radical (unpaired) electrons. The second-order valence-electron chi connectivity index (χ2n) is 6.62. The van der Waals surface area contributed by atoms with Crippen molar-refractivity contribution in [2.24, 2.45) is 0 Å². The van der Waals surface area contributed by atoms with E-state index in [9.17, 15) is 20.0 Å². The molecule has 2 aliphatic heterocycles. The molecule has 1 atom stereocenters. The van der Waals surface area contributed by atoms with Crippen molar-refractivity contribution in [1.29, 1.82) is 5.26 Å². The van der Waals surface area contributed by atoms with Crippen molar-refractivity contribution >= 4 is 29.4 Å². The number of nitrogens with zero attached hydrogens (tertiary/aromatic N) is 4. The van der Waals surface area contributed by atoms with E-state index in [4.69, 9.17) is 0 Å². The van der Waals surface area contributed by atoms with Gasteiger partial charge in [-0.2, -0.15) is 5.26 Å². The van der Waals surface area contributed by atoms with Crippen molar-refractivity contribution < 1.29 is 14.7 Å². The minimum absolute atomic E-state index is 0.103. The van der Waals surface area contributed by atoms with Gasteiger partial charge in [0.15, 0.2) is 6.23 Å². The number of carbonyl (C=O) groups is 2. The molecule has 0 bridgehead atoms. The highest BCUT2D eigenvalue weighted by atomic mass is 32.2. The minimum atomic E-state index is -1.31. The monoisotopic (exact) mass is 424 g/mol. The normalized spacial score (nSPS) is 22.2. The SMILES string of the molecule is CCN1C(=O)\C(=C/C=C/C(C#N)=C2\Sc3ccccc3N2CC)C(O)N(CC)C1=O. The summed E-state index contributed by atoms with van der Waals surface area (Å²) >= 11 is 1.53. The number of amides is 3. The van der Waals surface area contributed by atoms with Crippen LogP contribution in [0.2, 0.25) is 0 Å². The van der Waals surface area contributed by atoms with E-state index in [-0.39, 0.29) is 18.7 Å². The van der Waals surface area contributed by atoms with Gasteiger partial charge in [-0.05, 0) is 45.1 Å². The molecule has 0 aromatic heterocycles. The number of hydrogen-bond acceptors (Lipinski definition) is 6. The van der Waals surface area contributed by atoms with Gasteiger partial charge in [0.25, 0.3) is 5.91 Å². The van der Waals surface area contributed by atoms with E-state index < -0.39 is 18.2 Å². The van der Waals surface area contributed by atoms with Crippen LogP contribution in [0.3, 0.4) is 0 Å². The Morgan fingerprint density at radius 1 is 1.17 bits per heavy atom. The number of thioether (sulfide) groups is 1. The van der Waals surface area contributed by atoms with Gasteiger partial charge in [-0.25, -0.2) is 4.79 Å². The predicted molar refractivity (Wildman–Crippen MR) is 116 cm³/mol. The van der Waals surface area contributed by atoms with Crippen molar-refractivity contribution in [1.82, 2.24) is 9.80 Å². The van der Waals surface area contributed by atoms with Crippen LogP contribution in [0.15, 0.2) is 63.6 Å². The van der Waals surface area contributed by atoms with Crippen molar-refractivity contribution in [2.75, 3.05) is 24.5 Å². The Kier molecular flexibility index (Phi) is 6.65. The van der Waals surface area contributed by atoms with Gasteiger partial charge in [0.1, 0.15) is 6.07 Å². The zero-order valence-electron chi connectivity index (χ0n) is 17.2. The molecule has 1 unspecified atom stereocenters. The number of fused-ring (bicyclic) bond motifs is 1. The third-order valence-electron chi connectivity index (χ3n) is 5.01. The quantitative estimate of drug-likeness (QED) is 0.575. The summed E-state index contributed by atoms with van der Waals surface area (Å²) in [4.78, 5) is 30.4. The van der Waals surface area contributed by atoms with E-state index >= 15 is 0 Å². The number of allylic oxidation sites excluding steroid dienone is 4. The van der Waals surface area contributed by atoms with Gasteiger partial charge < -0.3 is 10.0 Å². The summed E-state index contributed by atoms with van der Waals surface area (Å²) in [6.07, 6.45) is 3.38. The topological polar surface area (TPSA) is 87.9 Å². The second-order valence-corrected chi connectivity index (χ2v) is 7.65. The Balaban J connectivity index is 1.93. The summed E-state index contributed by atoms with van der Waals surface area (Å²) in [5.74, 6) is -0.520. The maximum Gasteiger partial charge on any atom is 0.329 e.